The van der Waals surface area contributed by atoms with Crippen LogP contribution in [0.1, 0.15) is 23.6 Å². The Labute approximate surface area is 217 Å². The van der Waals surface area contributed by atoms with Gasteiger partial charge >= 0.3 is 5.97 Å². The van der Waals surface area contributed by atoms with Crippen LogP contribution in [-0.4, -0.2) is 28.7 Å². The number of H-pyrrole nitrogens is 1. The lowest BCUT2D eigenvalue weighted by molar-refractivity contribution is -0.139. The molecule has 3 aromatic carbocycles. The van der Waals surface area contributed by atoms with Crippen LogP contribution < -0.4 is 14.8 Å². The first-order chi connectivity index (χ1) is 16.9. The topological polar surface area (TPSA) is 83.6 Å². The van der Waals surface area contributed by atoms with Crippen LogP contribution in [0.2, 0.25) is 5.02 Å². The number of hydrogen-bond donors (Lipinski definition) is 3. The monoisotopic (exact) mass is 556 g/mol. The zero-order chi connectivity index (χ0) is 24.8. The molecular weight excluding hydrogens is 532 g/mol. The van der Waals surface area contributed by atoms with Crippen molar-refractivity contribution >= 4 is 44.4 Å². The Morgan fingerprint density at radius 1 is 1.11 bits per heavy atom. The molecule has 0 aliphatic heterocycles. The summed E-state index contributed by atoms with van der Waals surface area (Å²) >= 11 is 9.66. The minimum atomic E-state index is -0.902. The van der Waals surface area contributed by atoms with Crippen LogP contribution >= 0.6 is 27.5 Å². The predicted octanol–water partition coefficient (Wildman–Crippen LogP) is 6.35. The Hall–Kier alpha value is -3.00. The van der Waals surface area contributed by atoms with Crippen LogP contribution in [0.25, 0.3) is 10.9 Å². The minimum Gasteiger partial charge on any atom is -0.490 e. The number of ether oxygens (including phenoxy) is 2. The second-order valence-corrected chi connectivity index (χ2v) is 9.38. The quantitative estimate of drug-likeness (QED) is 0.200. The number of benzene rings is 3. The van der Waals surface area contributed by atoms with E-state index in [1.807, 2.05) is 73.8 Å². The number of nitrogens with one attached hydrogen (secondary N) is 2. The first kappa shape index (κ1) is 25.1. The Kier molecular flexibility index (Phi) is 8.33. The molecule has 0 fully saturated rings. The van der Waals surface area contributed by atoms with E-state index in [0.29, 0.717) is 42.7 Å². The van der Waals surface area contributed by atoms with Crippen LogP contribution in [0.15, 0.2) is 71.3 Å². The fourth-order valence-corrected chi connectivity index (χ4v) is 4.73. The highest BCUT2D eigenvalue weighted by Crippen LogP contribution is 2.37. The van der Waals surface area contributed by atoms with Gasteiger partial charge in [-0.25, -0.2) is 0 Å². The number of aromatic nitrogens is 1. The summed E-state index contributed by atoms with van der Waals surface area (Å²) < 4.78 is 12.6. The molecule has 182 valence electrons. The van der Waals surface area contributed by atoms with E-state index in [1.165, 1.54) is 0 Å². The maximum atomic E-state index is 12.0. The molecule has 0 unspecified atom stereocenters. The standard InChI is InChI=1S/C27H26BrClN2O4/c1-2-34-25-12-18(11-22(28)26(25)35-16-17-6-5-7-20(29)10-17)14-30-24(27(32)33)13-19-15-31-23-9-4-3-8-21(19)23/h3-12,15,24,30-31H,2,13-14,16H2,1H3,(H,32,33)/t24-/m1/s1. The van der Waals surface area contributed by atoms with Gasteiger partial charge in [-0.1, -0.05) is 41.9 Å². The van der Waals surface area contributed by atoms with Gasteiger partial charge < -0.3 is 24.9 Å². The van der Waals surface area contributed by atoms with E-state index >= 15 is 0 Å². The normalized spacial score (nSPS) is 12.0. The van der Waals surface area contributed by atoms with E-state index in [0.717, 1.165) is 32.1 Å². The molecule has 0 spiro atoms. The zero-order valence-corrected chi connectivity index (χ0v) is 21.5. The molecule has 1 heterocycles. The number of carbonyl (C=O) groups is 1. The van der Waals surface area contributed by atoms with E-state index in [4.69, 9.17) is 21.1 Å². The van der Waals surface area contributed by atoms with Crippen molar-refractivity contribution in [2.75, 3.05) is 6.61 Å². The average Bonchev–Trinajstić information content (AvgIpc) is 3.24. The lowest BCUT2D eigenvalue weighted by atomic mass is 10.0. The molecule has 1 atom stereocenters. The largest absolute Gasteiger partial charge is 0.490 e. The highest BCUT2D eigenvalue weighted by Gasteiger charge is 2.20. The van der Waals surface area contributed by atoms with Crippen molar-refractivity contribution in [3.8, 4) is 11.5 Å². The number of rotatable bonds is 11. The predicted molar refractivity (Wildman–Crippen MR) is 141 cm³/mol. The first-order valence-corrected chi connectivity index (χ1v) is 12.4. The summed E-state index contributed by atoms with van der Waals surface area (Å²) in [6.45, 7) is 3.06. The summed E-state index contributed by atoms with van der Waals surface area (Å²) in [7, 11) is 0. The average molecular weight is 558 g/mol. The van der Waals surface area contributed by atoms with Crippen LogP contribution in [-0.2, 0) is 24.4 Å². The number of aliphatic carboxylic acids is 1. The number of carboxylic acid groups (broad SMARTS) is 1. The van der Waals surface area contributed by atoms with Crippen molar-refractivity contribution < 1.29 is 19.4 Å². The van der Waals surface area contributed by atoms with E-state index in [9.17, 15) is 9.90 Å². The van der Waals surface area contributed by atoms with Crippen LogP contribution in [0.4, 0.5) is 0 Å². The molecule has 0 aliphatic rings. The number of halogens is 2. The molecule has 6 nitrogen and oxygen atoms in total. The first-order valence-electron chi connectivity index (χ1n) is 11.3. The van der Waals surface area contributed by atoms with E-state index in [1.54, 1.807) is 0 Å². The van der Waals surface area contributed by atoms with Gasteiger partial charge in [0.1, 0.15) is 12.6 Å². The van der Waals surface area contributed by atoms with Crippen LogP contribution in [0, 0.1) is 0 Å². The fourth-order valence-electron chi connectivity index (χ4n) is 3.92. The third-order valence-electron chi connectivity index (χ3n) is 5.59. The SMILES string of the molecule is CCOc1cc(CN[C@H](Cc2c[nH]c3ccccc23)C(=O)O)cc(Br)c1OCc1cccc(Cl)c1. The van der Waals surface area contributed by atoms with Gasteiger partial charge in [0.05, 0.1) is 11.1 Å². The summed E-state index contributed by atoms with van der Waals surface area (Å²) in [4.78, 5) is 15.2. The Bertz CT molecular complexity index is 1320. The number of hydrogen-bond acceptors (Lipinski definition) is 4. The summed E-state index contributed by atoms with van der Waals surface area (Å²) in [5, 5.41) is 14.7. The van der Waals surface area contributed by atoms with Crippen LogP contribution in [0.5, 0.6) is 11.5 Å². The van der Waals surface area contributed by atoms with Gasteiger partial charge in [0.2, 0.25) is 0 Å². The third kappa shape index (κ3) is 6.36. The summed E-state index contributed by atoms with van der Waals surface area (Å²) in [6.07, 6.45) is 2.23. The van der Waals surface area contributed by atoms with Gasteiger partial charge in [0.25, 0.3) is 0 Å². The van der Waals surface area contributed by atoms with E-state index in [-0.39, 0.29) is 0 Å². The highest BCUT2D eigenvalue weighted by molar-refractivity contribution is 9.10. The van der Waals surface area contributed by atoms with E-state index in [2.05, 4.69) is 26.2 Å². The van der Waals surface area contributed by atoms with Crippen molar-refractivity contribution in [3.05, 3.63) is 93.0 Å². The van der Waals surface area contributed by atoms with Crippen molar-refractivity contribution in [2.24, 2.45) is 0 Å². The highest BCUT2D eigenvalue weighted by atomic mass is 79.9. The fraction of sp³-hybridized carbons (Fsp3) is 0.222. The van der Waals surface area contributed by atoms with Gasteiger partial charge in [0.15, 0.2) is 11.5 Å². The lowest BCUT2D eigenvalue weighted by Gasteiger charge is -2.18. The molecule has 0 bridgehead atoms. The number of para-hydroxylation sites is 1. The molecular formula is C27H26BrClN2O4. The van der Waals surface area contributed by atoms with Gasteiger partial charge in [-0.05, 0) is 69.9 Å². The molecule has 1 aromatic heterocycles. The molecule has 8 heteroatoms. The molecule has 3 N–H and O–H groups in total. The van der Waals surface area contributed by atoms with Crippen LogP contribution in [0.3, 0.4) is 0 Å². The van der Waals surface area contributed by atoms with Crippen molar-refractivity contribution in [3.63, 3.8) is 0 Å². The maximum absolute atomic E-state index is 12.0. The zero-order valence-electron chi connectivity index (χ0n) is 19.2. The smallest absolute Gasteiger partial charge is 0.321 e. The van der Waals surface area contributed by atoms with Gasteiger partial charge in [-0.15, -0.1) is 0 Å². The van der Waals surface area contributed by atoms with Crippen molar-refractivity contribution in [2.45, 2.75) is 32.5 Å². The lowest BCUT2D eigenvalue weighted by Crippen LogP contribution is -2.38. The molecule has 0 saturated carbocycles. The molecule has 0 saturated heterocycles. The molecule has 0 radical (unpaired) electrons. The van der Waals surface area contributed by atoms with Gasteiger partial charge in [-0.2, -0.15) is 0 Å². The van der Waals surface area contributed by atoms with Crippen molar-refractivity contribution in [1.29, 1.82) is 0 Å². The van der Waals surface area contributed by atoms with Gasteiger partial charge in [-0.3, -0.25) is 4.79 Å². The van der Waals surface area contributed by atoms with Gasteiger partial charge in [0, 0.05) is 35.1 Å². The molecule has 4 rings (SSSR count). The minimum absolute atomic E-state index is 0.336. The Morgan fingerprint density at radius 2 is 1.94 bits per heavy atom. The molecule has 4 aromatic rings. The number of fused-ring (bicyclic) bond motifs is 1. The second-order valence-electron chi connectivity index (χ2n) is 8.09. The second kappa shape index (κ2) is 11.6. The summed E-state index contributed by atoms with van der Waals surface area (Å²) in [5.74, 6) is 0.272. The Balaban J connectivity index is 1.47. The molecule has 0 aliphatic carbocycles. The summed E-state index contributed by atoms with van der Waals surface area (Å²) in [6, 6.07) is 18.4. The Morgan fingerprint density at radius 3 is 2.71 bits per heavy atom. The molecule has 35 heavy (non-hydrogen) atoms. The van der Waals surface area contributed by atoms with E-state index < -0.39 is 12.0 Å². The maximum Gasteiger partial charge on any atom is 0.321 e. The number of aromatic amines is 1. The van der Waals surface area contributed by atoms with Crippen molar-refractivity contribution in [1.82, 2.24) is 10.3 Å². The third-order valence-corrected chi connectivity index (χ3v) is 6.42. The molecule has 0 amide bonds. The number of carboxylic acids is 1. The summed E-state index contributed by atoms with van der Waals surface area (Å²) in [5.41, 5.74) is 3.77.